The first kappa shape index (κ1) is 50.8. The maximum atomic E-state index is 10.1. The maximum Gasteiger partial charge on any atom is 4.00 e. The van der Waals surface area contributed by atoms with E-state index in [0.29, 0.717) is 78.5 Å². The number of aliphatic hydroxyl groups is 8. The number of nitrogens with zero attached hydrogens (tertiary/aromatic N) is 4. The van der Waals surface area contributed by atoms with Crippen LogP contribution < -0.4 is 20.4 Å². The molecule has 8 N–H and O–H groups in total. The largest absolute Gasteiger partial charge is 4.00 e. The third kappa shape index (κ3) is 44.8. The van der Waals surface area contributed by atoms with Crippen LogP contribution in [0.5, 0.6) is 0 Å². The van der Waals surface area contributed by atoms with Crippen LogP contribution in [-0.2, 0) is 26.2 Å². The quantitative estimate of drug-likeness (QED) is 0.0469. The molecule has 0 atom stereocenters. The van der Waals surface area contributed by atoms with Gasteiger partial charge < -0.3 is 80.9 Å². The number of hydrogen-bond donors (Lipinski definition) is 8. The molecule has 0 saturated heterocycles. The standard InChI is InChI=1S/4C6H14NO3.Zr/c4*8-4-1-7(2-5-9)3-6-10;/h4*8-9H,1-6H2;/q4*-1;+4. The van der Waals surface area contributed by atoms with Gasteiger partial charge in [0.25, 0.3) is 0 Å². The molecule has 41 heavy (non-hydrogen) atoms. The molecule has 0 amide bonds. The van der Waals surface area contributed by atoms with Gasteiger partial charge in [0.2, 0.25) is 0 Å². The molecule has 0 aliphatic carbocycles. The molecule has 0 unspecified atom stereocenters. The summed E-state index contributed by atoms with van der Waals surface area (Å²) < 4.78 is 0. The van der Waals surface area contributed by atoms with E-state index in [0.717, 1.165) is 0 Å². The zero-order chi connectivity index (χ0) is 31.3. The SMILES string of the molecule is [O-]CCN(CCO)CCO.[O-]CCN(CCO)CCO.[O-]CCN(CCO)CCO.[O-]CCN(CCO)CCO.[Zr+4]. The molecule has 0 heterocycles. The molecule has 0 aliphatic rings. The Morgan fingerprint density at radius 1 is 0.268 bits per heavy atom. The fourth-order valence-corrected chi connectivity index (χ4v) is 2.99. The summed E-state index contributed by atoms with van der Waals surface area (Å²) in [7, 11) is 0. The van der Waals surface area contributed by atoms with Crippen LogP contribution in [0.25, 0.3) is 0 Å². The van der Waals surface area contributed by atoms with Crippen LogP contribution >= 0.6 is 0 Å². The van der Waals surface area contributed by atoms with Gasteiger partial charge >= 0.3 is 26.2 Å². The fraction of sp³-hybridized carbons (Fsp3) is 1.00. The second-order valence-corrected chi connectivity index (χ2v) is 7.97. The van der Waals surface area contributed by atoms with Crippen molar-refractivity contribution in [1.29, 1.82) is 0 Å². The van der Waals surface area contributed by atoms with E-state index in [1.54, 1.807) is 19.6 Å². The molecule has 248 valence electrons. The summed E-state index contributed by atoms with van der Waals surface area (Å²) in [6.07, 6.45) is 0. The Morgan fingerprint density at radius 2 is 0.390 bits per heavy atom. The first-order valence-corrected chi connectivity index (χ1v) is 13.5. The van der Waals surface area contributed by atoms with Crippen molar-refractivity contribution in [1.82, 2.24) is 19.6 Å². The molecule has 0 bridgehead atoms. The fourth-order valence-electron chi connectivity index (χ4n) is 2.99. The van der Waals surface area contributed by atoms with Crippen molar-refractivity contribution < 1.29 is 87.5 Å². The van der Waals surface area contributed by atoms with Gasteiger partial charge in [0, 0.05) is 52.4 Å². The number of rotatable bonds is 24. The minimum Gasteiger partial charge on any atom is -0.854 e. The van der Waals surface area contributed by atoms with Crippen LogP contribution in [0.3, 0.4) is 0 Å². The van der Waals surface area contributed by atoms with Crippen molar-refractivity contribution in [2.24, 2.45) is 0 Å². The van der Waals surface area contributed by atoms with Crippen molar-refractivity contribution in [2.75, 3.05) is 158 Å². The van der Waals surface area contributed by atoms with Crippen molar-refractivity contribution in [3.8, 4) is 0 Å². The van der Waals surface area contributed by atoms with Gasteiger partial charge in [-0.3, -0.25) is 0 Å². The van der Waals surface area contributed by atoms with Crippen LogP contribution in [0.15, 0.2) is 0 Å². The third-order valence-corrected chi connectivity index (χ3v) is 4.96. The molecule has 0 aromatic rings. The molecule has 0 spiro atoms. The zero-order valence-electron chi connectivity index (χ0n) is 24.5. The first-order chi connectivity index (χ1) is 19.4. The summed E-state index contributed by atoms with van der Waals surface area (Å²) in [5.74, 6) is 0. The van der Waals surface area contributed by atoms with Gasteiger partial charge in [-0.15, -0.1) is 26.4 Å². The molecule has 16 nitrogen and oxygen atoms in total. The predicted octanol–water partition coefficient (Wildman–Crippen LogP) is -9.47. The van der Waals surface area contributed by atoms with E-state index >= 15 is 0 Å². The van der Waals surface area contributed by atoms with Crippen molar-refractivity contribution in [3.05, 3.63) is 0 Å². The number of hydrogen-bond acceptors (Lipinski definition) is 16. The smallest absolute Gasteiger partial charge is 0.854 e. The summed E-state index contributed by atoms with van der Waals surface area (Å²) in [4.78, 5) is 6.92. The predicted molar refractivity (Wildman–Crippen MR) is 142 cm³/mol. The molecular weight excluding hydrogens is 628 g/mol. The Kier molecular flexibility index (Phi) is 58.5. The van der Waals surface area contributed by atoms with Gasteiger partial charge in [-0.2, -0.15) is 0 Å². The Morgan fingerprint density at radius 3 is 0.463 bits per heavy atom. The normalized spacial score (nSPS) is 10.5. The van der Waals surface area contributed by atoms with Crippen molar-refractivity contribution in [3.63, 3.8) is 0 Å². The molecule has 0 rings (SSSR count). The van der Waals surface area contributed by atoms with Crippen LogP contribution in [0.2, 0.25) is 0 Å². The van der Waals surface area contributed by atoms with Gasteiger partial charge in [-0.05, 0) is 26.2 Å². The van der Waals surface area contributed by atoms with E-state index in [2.05, 4.69) is 0 Å². The van der Waals surface area contributed by atoms with Gasteiger partial charge in [-0.1, -0.05) is 0 Å². The van der Waals surface area contributed by atoms with Gasteiger partial charge in [0.1, 0.15) is 0 Å². The van der Waals surface area contributed by atoms with Crippen molar-refractivity contribution in [2.45, 2.75) is 0 Å². The minimum atomic E-state index is -0.181. The van der Waals surface area contributed by atoms with Gasteiger partial charge in [-0.25, -0.2) is 0 Å². The average Bonchev–Trinajstić information content (AvgIpc) is 2.92. The Bertz CT molecular complexity index is 302. The van der Waals surface area contributed by atoms with E-state index in [4.69, 9.17) is 40.9 Å². The van der Waals surface area contributed by atoms with Gasteiger partial charge in [0.05, 0.1) is 52.9 Å². The summed E-state index contributed by atoms with van der Waals surface area (Å²) in [5.41, 5.74) is 0. The molecule has 0 fully saturated rings. The molecule has 0 radical (unpaired) electrons. The maximum absolute atomic E-state index is 10.1. The second-order valence-electron chi connectivity index (χ2n) is 7.97. The van der Waals surface area contributed by atoms with Crippen LogP contribution in [0.1, 0.15) is 0 Å². The van der Waals surface area contributed by atoms with E-state index in [1.165, 1.54) is 0 Å². The summed E-state index contributed by atoms with van der Waals surface area (Å²) in [5, 5.41) is 108. The van der Waals surface area contributed by atoms with Crippen molar-refractivity contribution >= 4 is 0 Å². The third-order valence-electron chi connectivity index (χ3n) is 4.96. The van der Waals surface area contributed by atoms with E-state index in [1.807, 2.05) is 0 Å². The van der Waals surface area contributed by atoms with Crippen LogP contribution in [0, 0.1) is 0 Å². The summed E-state index contributed by atoms with van der Waals surface area (Å²) >= 11 is 0. The molecule has 0 aliphatic heterocycles. The Labute approximate surface area is 264 Å². The minimum absolute atomic E-state index is 0. The topological polar surface area (TPSA) is 267 Å². The molecule has 0 aromatic carbocycles. The Balaban J connectivity index is -0.000000139. The van der Waals surface area contributed by atoms with Crippen LogP contribution in [-0.4, -0.2) is 218 Å². The molecular formula is C24H56N4O12Zr. The molecule has 0 saturated carbocycles. The summed E-state index contributed by atoms with van der Waals surface area (Å²) in [6, 6.07) is 0. The van der Waals surface area contributed by atoms with E-state index in [-0.39, 0.29) is 105 Å². The number of aliphatic hydroxyl groups excluding tert-OH is 8. The monoisotopic (exact) mass is 682 g/mol. The Hall–Kier alpha value is 0.243. The first-order valence-electron chi connectivity index (χ1n) is 13.5. The summed E-state index contributed by atoms with van der Waals surface area (Å²) in [6.45, 7) is 5.03. The second kappa shape index (κ2) is 47.2. The molecule has 0 aromatic heterocycles. The van der Waals surface area contributed by atoms with Crippen LogP contribution in [0.4, 0.5) is 0 Å². The van der Waals surface area contributed by atoms with E-state index in [9.17, 15) is 20.4 Å². The van der Waals surface area contributed by atoms with E-state index < -0.39 is 0 Å². The van der Waals surface area contributed by atoms with Gasteiger partial charge in [0.15, 0.2) is 0 Å². The average molecular weight is 684 g/mol. The molecule has 17 heteroatoms. The zero-order valence-corrected chi connectivity index (χ0v) is 26.9.